The van der Waals surface area contributed by atoms with Crippen molar-refractivity contribution in [1.29, 1.82) is 0 Å². The number of carbonyl (C=O) groups excluding carboxylic acids is 1. The number of pyridine rings is 1. The van der Waals surface area contributed by atoms with Crippen LogP contribution in [0.1, 0.15) is 36.3 Å². The van der Waals surface area contributed by atoms with E-state index in [0.717, 1.165) is 24.6 Å². The van der Waals surface area contributed by atoms with Gasteiger partial charge in [-0.1, -0.05) is 42.8 Å². The van der Waals surface area contributed by atoms with Gasteiger partial charge in [-0.15, -0.1) is 0 Å². The van der Waals surface area contributed by atoms with Gasteiger partial charge < -0.3 is 15.3 Å². The molecule has 3 atom stereocenters. The van der Waals surface area contributed by atoms with Crippen LogP contribution in [0.25, 0.3) is 0 Å². The minimum absolute atomic E-state index is 0.0164. The zero-order valence-corrected chi connectivity index (χ0v) is 16.2. The molecule has 1 aromatic carbocycles. The maximum absolute atomic E-state index is 13.1. The zero-order valence-electron chi connectivity index (χ0n) is 16.2. The van der Waals surface area contributed by atoms with E-state index in [1.165, 1.54) is 24.8 Å². The zero-order chi connectivity index (χ0) is 19.3. The molecule has 0 unspecified atom stereocenters. The lowest BCUT2D eigenvalue weighted by Gasteiger charge is -2.55. The maximum atomic E-state index is 13.1. The Balaban J connectivity index is 1.49. The number of hydrogen-bond donors (Lipinski definition) is 2. The average Bonchev–Trinajstić information content (AvgIpc) is 2.67. The summed E-state index contributed by atoms with van der Waals surface area (Å²) in [5.41, 5.74) is 2.11. The molecule has 2 aromatic rings. The summed E-state index contributed by atoms with van der Waals surface area (Å²) in [4.78, 5) is 19.1. The Morgan fingerprint density at radius 3 is 2.57 bits per heavy atom. The van der Waals surface area contributed by atoms with Gasteiger partial charge in [0.25, 0.3) is 0 Å². The molecular formula is C23H29N3O2. The van der Waals surface area contributed by atoms with E-state index in [2.05, 4.69) is 22.4 Å². The highest BCUT2D eigenvalue weighted by Crippen LogP contribution is 2.40. The summed E-state index contributed by atoms with van der Waals surface area (Å²) in [7, 11) is 0. The van der Waals surface area contributed by atoms with Gasteiger partial charge in [0, 0.05) is 24.9 Å². The molecule has 28 heavy (non-hydrogen) atoms. The normalized spacial score (nSPS) is 24.5. The second-order valence-electron chi connectivity index (χ2n) is 8.05. The molecule has 1 aromatic heterocycles. The number of aromatic nitrogens is 1. The number of nitrogens with zero attached hydrogens (tertiary/aromatic N) is 2. The topological polar surface area (TPSA) is 65.5 Å². The Kier molecular flexibility index (Phi) is 6.03. The van der Waals surface area contributed by atoms with Crippen LogP contribution < -0.4 is 5.32 Å². The van der Waals surface area contributed by atoms with Crippen LogP contribution in [-0.4, -0.2) is 52.7 Å². The quantitative estimate of drug-likeness (QED) is 0.739. The SMILES string of the molecule is O=C(Cc1cccnc1)N1[C@H](CNCC2CCC2)[C@H](c2ccccc2)[C@@H]1CO. The summed E-state index contributed by atoms with van der Waals surface area (Å²) in [5.74, 6) is 1.01. The number of amides is 1. The molecule has 148 valence electrons. The van der Waals surface area contributed by atoms with Crippen LogP contribution in [0, 0.1) is 5.92 Å². The number of aliphatic hydroxyl groups is 1. The smallest absolute Gasteiger partial charge is 0.227 e. The van der Waals surface area contributed by atoms with E-state index in [4.69, 9.17) is 0 Å². The first-order valence-electron chi connectivity index (χ1n) is 10.3. The Labute approximate surface area is 166 Å². The first kappa shape index (κ1) is 19.1. The Bertz CT molecular complexity index is 764. The molecule has 2 N–H and O–H groups in total. The van der Waals surface area contributed by atoms with Gasteiger partial charge in [-0.2, -0.15) is 0 Å². The van der Waals surface area contributed by atoms with Gasteiger partial charge in [-0.25, -0.2) is 0 Å². The lowest BCUT2D eigenvalue weighted by molar-refractivity contribution is -0.149. The minimum atomic E-state index is -0.165. The number of carbonyl (C=O) groups is 1. The summed E-state index contributed by atoms with van der Waals surface area (Å²) in [6.07, 6.45) is 7.73. The van der Waals surface area contributed by atoms with Crippen LogP contribution in [0.15, 0.2) is 54.9 Å². The van der Waals surface area contributed by atoms with Crippen LogP contribution >= 0.6 is 0 Å². The lowest BCUT2D eigenvalue weighted by Crippen LogP contribution is -2.68. The lowest BCUT2D eigenvalue weighted by atomic mass is 9.74. The predicted octanol–water partition coefficient (Wildman–Crippen LogP) is 2.37. The van der Waals surface area contributed by atoms with Crippen LogP contribution in [-0.2, 0) is 11.2 Å². The van der Waals surface area contributed by atoms with E-state index in [1.54, 1.807) is 12.4 Å². The molecule has 1 aliphatic carbocycles. The van der Waals surface area contributed by atoms with Gasteiger partial charge >= 0.3 is 0 Å². The third-order valence-electron chi connectivity index (χ3n) is 6.29. The molecule has 5 heteroatoms. The Morgan fingerprint density at radius 1 is 1.11 bits per heavy atom. The molecule has 0 radical (unpaired) electrons. The Hall–Kier alpha value is -2.24. The summed E-state index contributed by atoms with van der Waals surface area (Å²) in [5, 5.41) is 13.6. The van der Waals surface area contributed by atoms with Crippen molar-refractivity contribution in [3.05, 3.63) is 66.0 Å². The summed E-state index contributed by atoms with van der Waals surface area (Å²) < 4.78 is 0. The van der Waals surface area contributed by atoms with Gasteiger partial charge in [-0.05, 0) is 42.5 Å². The van der Waals surface area contributed by atoms with E-state index in [0.29, 0.717) is 6.42 Å². The van der Waals surface area contributed by atoms with Crippen molar-refractivity contribution in [2.75, 3.05) is 19.7 Å². The predicted molar refractivity (Wildman–Crippen MR) is 109 cm³/mol. The number of likely N-dealkylation sites (tertiary alicyclic amines) is 1. The number of benzene rings is 1. The van der Waals surface area contributed by atoms with Crippen LogP contribution in [0.4, 0.5) is 0 Å². The molecule has 2 fully saturated rings. The number of aliphatic hydroxyl groups excluding tert-OH is 1. The van der Waals surface area contributed by atoms with E-state index in [1.807, 2.05) is 35.2 Å². The first-order chi connectivity index (χ1) is 13.8. The van der Waals surface area contributed by atoms with E-state index in [-0.39, 0.29) is 30.5 Å². The van der Waals surface area contributed by atoms with Crippen LogP contribution in [0.3, 0.4) is 0 Å². The monoisotopic (exact) mass is 379 g/mol. The van der Waals surface area contributed by atoms with Gasteiger partial charge in [0.1, 0.15) is 0 Å². The highest BCUT2D eigenvalue weighted by Gasteiger charge is 2.50. The van der Waals surface area contributed by atoms with E-state index >= 15 is 0 Å². The average molecular weight is 380 g/mol. The van der Waals surface area contributed by atoms with Crippen molar-refractivity contribution in [2.45, 2.75) is 43.7 Å². The van der Waals surface area contributed by atoms with E-state index < -0.39 is 0 Å². The second kappa shape index (κ2) is 8.84. The number of rotatable bonds is 8. The summed E-state index contributed by atoms with van der Waals surface area (Å²) in [6, 6.07) is 14.0. The largest absolute Gasteiger partial charge is 0.394 e. The fourth-order valence-electron chi connectivity index (χ4n) is 4.56. The summed E-state index contributed by atoms with van der Waals surface area (Å²) >= 11 is 0. The fourth-order valence-corrected chi connectivity index (χ4v) is 4.56. The van der Waals surface area contributed by atoms with E-state index in [9.17, 15) is 9.90 Å². The van der Waals surface area contributed by atoms with Gasteiger partial charge in [-0.3, -0.25) is 9.78 Å². The Morgan fingerprint density at radius 2 is 1.93 bits per heavy atom. The fraction of sp³-hybridized carbons (Fsp3) is 0.478. The molecule has 1 amide bonds. The van der Waals surface area contributed by atoms with Crippen LogP contribution in [0.2, 0.25) is 0 Å². The standard InChI is InChI=1S/C23H29N3O2/c27-16-21-23(19-9-2-1-3-10-19)20(15-25-13-17-6-4-7-17)26(21)22(28)12-18-8-5-11-24-14-18/h1-3,5,8-11,14,17,20-21,23,25,27H,4,6-7,12-13,15-16H2/t20-,21+,23+/m1/s1. The molecule has 2 heterocycles. The first-order valence-corrected chi connectivity index (χ1v) is 10.3. The van der Waals surface area contributed by atoms with Crippen molar-refractivity contribution in [2.24, 2.45) is 5.92 Å². The molecule has 4 rings (SSSR count). The van der Waals surface area contributed by atoms with Gasteiger partial charge in [0.2, 0.25) is 5.91 Å². The van der Waals surface area contributed by atoms with Crippen molar-refractivity contribution >= 4 is 5.91 Å². The molecular weight excluding hydrogens is 350 g/mol. The molecule has 2 aliphatic rings. The number of nitrogens with one attached hydrogen (secondary N) is 1. The molecule has 1 saturated carbocycles. The van der Waals surface area contributed by atoms with Crippen molar-refractivity contribution in [1.82, 2.24) is 15.2 Å². The molecule has 5 nitrogen and oxygen atoms in total. The van der Waals surface area contributed by atoms with Crippen molar-refractivity contribution in [3.8, 4) is 0 Å². The molecule has 1 saturated heterocycles. The highest BCUT2D eigenvalue weighted by atomic mass is 16.3. The third-order valence-corrected chi connectivity index (χ3v) is 6.29. The van der Waals surface area contributed by atoms with Gasteiger partial charge in [0.05, 0.1) is 25.1 Å². The third kappa shape index (κ3) is 3.96. The summed E-state index contributed by atoms with van der Waals surface area (Å²) in [6.45, 7) is 1.77. The second-order valence-corrected chi connectivity index (χ2v) is 8.05. The highest BCUT2D eigenvalue weighted by molar-refractivity contribution is 5.81. The van der Waals surface area contributed by atoms with Crippen LogP contribution in [0.5, 0.6) is 0 Å². The molecule has 0 spiro atoms. The molecule has 0 bridgehead atoms. The minimum Gasteiger partial charge on any atom is -0.394 e. The maximum Gasteiger partial charge on any atom is 0.227 e. The van der Waals surface area contributed by atoms with Crippen molar-refractivity contribution < 1.29 is 9.90 Å². The number of hydrogen-bond acceptors (Lipinski definition) is 4. The van der Waals surface area contributed by atoms with Crippen molar-refractivity contribution in [3.63, 3.8) is 0 Å². The molecule has 1 aliphatic heterocycles. The van der Waals surface area contributed by atoms with Gasteiger partial charge in [0.15, 0.2) is 0 Å².